The van der Waals surface area contributed by atoms with Crippen molar-refractivity contribution < 1.29 is 4.74 Å². The van der Waals surface area contributed by atoms with Crippen LogP contribution in [-0.4, -0.2) is 54.3 Å². The molecule has 0 radical (unpaired) electrons. The van der Waals surface area contributed by atoms with E-state index in [1.54, 1.807) is 0 Å². The summed E-state index contributed by atoms with van der Waals surface area (Å²) in [4.78, 5) is 9.85. The molecular formula is C12H22N4O. The Morgan fingerprint density at radius 2 is 2.29 bits per heavy atom. The van der Waals surface area contributed by atoms with Crippen molar-refractivity contribution in [2.24, 2.45) is 0 Å². The molecule has 0 unspecified atom stereocenters. The minimum absolute atomic E-state index is 0.879. The molecule has 0 aliphatic carbocycles. The summed E-state index contributed by atoms with van der Waals surface area (Å²) in [5.74, 6) is 0.982. The van der Waals surface area contributed by atoms with Crippen molar-refractivity contribution in [2.45, 2.75) is 19.9 Å². The molecule has 2 rings (SSSR count). The number of imidazole rings is 1. The Labute approximate surface area is 103 Å². The largest absolute Gasteiger partial charge is 0.379 e. The highest BCUT2D eigenvalue weighted by molar-refractivity contribution is 4.99. The van der Waals surface area contributed by atoms with E-state index in [1.807, 2.05) is 13.1 Å². The van der Waals surface area contributed by atoms with Gasteiger partial charge in [-0.05, 0) is 26.4 Å². The van der Waals surface area contributed by atoms with Crippen LogP contribution in [0.5, 0.6) is 0 Å². The second-order valence-corrected chi connectivity index (χ2v) is 4.48. The SMILES string of the molecule is Cc1ncc(CNCCCN2CCOCC2)[nH]1. The van der Waals surface area contributed by atoms with Gasteiger partial charge in [0.05, 0.1) is 13.2 Å². The third-order valence-corrected chi connectivity index (χ3v) is 3.00. The number of rotatable bonds is 6. The van der Waals surface area contributed by atoms with Crippen LogP contribution in [0.4, 0.5) is 0 Å². The van der Waals surface area contributed by atoms with Crippen molar-refractivity contribution >= 4 is 0 Å². The van der Waals surface area contributed by atoms with Crippen molar-refractivity contribution in [3.8, 4) is 0 Å². The third-order valence-electron chi connectivity index (χ3n) is 3.00. The molecule has 0 saturated carbocycles. The van der Waals surface area contributed by atoms with E-state index in [1.165, 1.54) is 13.0 Å². The maximum Gasteiger partial charge on any atom is 0.103 e. The van der Waals surface area contributed by atoms with E-state index in [4.69, 9.17) is 4.74 Å². The van der Waals surface area contributed by atoms with Gasteiger partial charge in [-0.1, -0.05) is 0 Å². The average molecular weight is 238 g/mol. The van der Waals surface area contributed by atoms with Crippen molar-refractivity contribution in [3.05, 3.63) is 17.7 Å². The van der Waals surface area contributed by atoms with E-state index in [0.717, 1.165) is 50.9 Å². The summed E-state index contributed by atoms with van der Waals surface area (Å²) in [6.45, 7) is 9.01. The van der Waals surface area contributed by atoms with Crippen LogP contribution in [-0.2, 0) is 11.3 Å². The van der Waals surface area contributed by atoms with E-state index in [0.29, 0.717) is 0 Å². The number of nitrogens with zero attached hydrogens (tertiary/aromatic N) is 2. The smallest absolute Gasteiger partial charge is 0.103 e. The summed E-state index contributed by atoms with van der Waals surface area (Å²) in [6, 6.07) is 0. The van der Waals surface area contributed by atoms with Gasteiger partial charge < -0.3 is 15.0 Å². The molecule has 1 aromatic heterocycles. The topological polar surface area (TPSA) is 53.2 Å². The predicted molar refractivity (Wildman–Crippen MR) is 66.9 cm³/mol. The molecule has 2 heterocycles. The van der Waals surface area contributed by atoms with E-state index in [-0.39, 0.29) is 0 Å². The monoisotopic (exact) mass is 238 g/mol. The van der Waals surface area contributed by atoms with E-state index in [9.17, 15) is 0 Å². The molecule has 96 valence electrons. The van der Waals surface area contributed by atoms with Gasteiger partial charge in [0.25, 0.3) is 0 Å². The number of ether oxygens (including phenoxy) is 1. The molecule has 17 heavy (non-hydrogen) atoms. The lowest BCUT2D eigenvalue weighted by Crippen LogP contribution is -2.37. The van der Waals surface area contributed by atoms with Crippen molar-refractivity contribution in [3.63, 3.8) is 0 Å². The lowest BCUT2D eigenvalue weighted by Gasteiger charge is -2.26. The van der Waals surface area contributed by atoms with Gasteiger partial charge in [0.15, 0.2) is 0 Å². The van der Waals surface area contributed by atoms with Gasteiger partial charge in [-0.3, -0.25) is 4.90 Å². The highest BCUT2D eigenvalue weighted by atomic mass is 16.5. The standard InChI is InChI=1S/C12H22N4O/c1-11-14-10-12(15-11)9-13-3-2-4-16-5-7-17-8-6-16/h10,13H,2-9H2,1H3,(H,14,15). The molecular weight excluding hydrogens is 216 g/mol. The Morgan fingerprint density at radius 3 is 3.00 bits per heavy atom. The molecule has 1 fully saturated rings. The number of aromatic nitrogens is 2. The lowest BCUT2D eigenvalue weighted by molar-refractivity contribution is 0.0374. The highest BCUT2D eigenvalue weighted by Gasteiger charge is 2.08. The fourth-order valence-electron chi connectivity index (χ4n) is 2.04. The van der Waals surface area contributed by atoms with Crippen LogP contribution in [0.2, 0.25) is 0 Å². The Morgan fingerprint density at radius 1 is 1.47 bits per heavy atom. The summed E-state index contributed by atoms with van der Waals surface area (Å²) in [7, 11) is 0. The Bertz CT molecular complexity index is 320. The molecule has 5 nitrogen and oxygen atoms in total. The number of hydrogen-bond donors (Lipinski definition) is 2. The molecule has 0 amide bonds. The molecule has 1 aliphatic rings. The molecule has 1 saturated heterocycles. The van der Waals surface area contributed by atoms with E-state index in [2.05, 4.69) is 20.2 Å². The maximum atomic E-state index is 5.32. The van der Waals surface area contributed by atoms with Crippen LogP contribution in [0.25, 0.3) is 0 Å². The van der Waals surface area contributed by atoms with Crippen LogP contribution in [0.3, 0.4) is 0 Å². The highest BCUT2D eigenvalue weighted by Crippen LogP contribution is 1.98. The van der Waals surface area contributed by atoms with Gasteiger partial charge >= 0.3 is 0 Å². The first-order valence-electron chi connectivity index (χ1n) is 6.36. The molecule has 2 N–H and O–H groups in total. The fraction of sp³-hybridized carbons (Fsp3) is 0.750. The molecule has 0 spiro atoms. The van der Waals surface area contributed by atoms with Crippen LogP contribution in [0.15, 0.2) is 6.20 Å². The summed E-state index contributed by atoms with van der Waals surface area (Å²) in [5, 5.41) is 3.43. The normalized spacial score (nSPS) is 17.5. The molecule has 1 aromatic rings. The number of nitrogens with one attached hydrogen (secondary N) is 2. The van der Waals surface area contributed by atoms with Gasteiger partial charge in [-0.25, -0.2) is 4.98 Å². The summed E-state index contributed by atoms with van der Waals surface area (Å²) < 4.78 is 5.32. The minimum atomic E-state index is 0.879. The van der Waals surface area contributed by atoms with Gasteiger partial charge in [0.1, 0.15) is 5.82 Å². The number of H-pyrrole nitrogens is 1. The molecule has 0 bridgehead atoms. The number of aromatic amines is 1. The first-order chi connectivity index (χ1) is 8.34. The van der Waals surface area contributed by atoms with Crippen molar-refractivity contribution in [1.82, 2.24) is 20.2 Å². The number of aryl methyl sites for hydroxylation is 1. The zero-order valence-electron chi connectivity index (χ0n) is 10.5. The lowest BCUT2D eigenvalue weighted by atomic mass is 10.3. The number of hydrogen-bond acceptors (Lipinski definition) is 4. The third kappa shape index (κ3) is 4.46. The zero-order chi connectivity index (χ0) is 11.9. The molecule has 0 aromatic carbocycles. The maximum absolute atomic E-state index is 5.32. The first-order valence-corrected chi connectivity index (χ1v) is 6.36. The fourth-order valence-corrected chi connectivity index (χ4v) is 2.04. The van der Waals surface area contributed by atoms with E-state index < -0.39 is 0 Å². The zero-order valence-corrected chi connectivity index (χ0v) is 10.5. The van der Waals surface area contributed by atoms with Crippen LogP contribution < -0.4 is 5.32 Å². The second kappa shape index (κ2) is 6.74. The van der Waals surface area contributed by atoms with Gasteiger partial charge in [-0.2, -0.15) is 0 Å². The first kappa shape index (κ1) is 12.5. The van der Waals surface area contributed by atoms with Crippen LogP contribution in [0.1, 0.15) is 17.9 Å². The Kier molecular flexibility index (Phi) is 4.97. The Balaban J connectivity index is 1.51. The molecule has 0 atom stereocenters. The van der Waals surface area contributed by atoms with Crippen LogP contribution in [0, 0.1) is 6.92 Å². The van der Waals surface area contributed by atoms with Gasteiger partial charge in [0.2, 0.25) is 0 Å². The van der Waals surface area contributed by atoms with Gasteiger partial charge in [0, 0.05) is 31.5 Å². The summed E-state index contributed by atoms with van der Waals surface area (Å²) in [6.07, 6.45) is 3.08. The van der Waals surface area contributed by atoms with Crippen LogP contribution >= 0.6 is 0 Å². The average Bonchev–Trinajstić information content (AvgIpc) is 2.76. The van der Waals surface area contributed by atoms with Crippen molar-refractivity contribution in [1.29, 1.82) is 0 Å². The Hall–Kier alpha value is -0.910. The predicted octanol–water partition coefficient (Wildman–Crippen LogP) is 0.530. The summed E-state index contributed by atoms with van der Waals surface area (Å²) >= 11 is 0. The van der Waals surface area contributed by atoms with Crippen molar-refractivity contribution in [2.75, 3.05) is 39.4 Å². The number of morpholine rings is 1. The molecule has 1 aliphatic heterocycles. The minimum Gasteiger partial charge on any atom is -0.379 e. The van der Waals surface area contributed by atoms with Gasteiger partial charge in [-0.15, -0.1) is 0 Å². The molecule has 5 heteroatoms. The summed E-state index contributed by atoms with van der Waals surface area (Å²) in [5.41, 5.74) is 1.16. The quantitative estimate of drug-likeness (QED) is 0.710. The second-order valence-electron chi connectivity index (χ2n) is 4.48. The van der Waals surface area contributed by atoms with E-state index >= 15 is 0 Å².